The minimum absolute atomic E-state index is 0.538. The van der Waals surface area contributed by atoms with Crippen molar-refractivity contribution in [2.75, 3.05) is 0 Å². The Hall–Kier alpha value is -8.92. The van der Waals surface area contributed by atoms with Crippen molar-refractivity contribution in [1.29, 1.82) is 0 Å². The average molecular weight is 867 g/mol. The number of furan rings is 1. The van der Waals surface area contributed by atoms with Gasteiger partial charge < -0.3 is 4.42 Å². The van der Waals surface area contributed by atoms with Crippen molar-refractivity contribution in [2.45, 2.75) is 5.41 Å². The predicted molar refractivity (Wildman–Crippen MR) is 279 cm³/mol. The van der Waals surface area contributed by atoms with E-state index in [1.807, 2.05) is 18.2 Å². The van der Waals surface area contributed by atoms with Gasteiger partial charge in [-0.2, -0.15) is 0 Å². The van der Waals surface area contributed by atoms with Gasteiger partial charge in [0.2, 0.25) is 0 Å². The lowest BCUT2D eigenvalue weighted by molar-refractivity contribution is 0.669. The summed E-state index contributed by atoms with van der Waals surface area (Å²) in [5.41, 5.74) is 20.1. The highest BCUT2D eigenvalue weighted by Crippen LogP contribution is 2.58. The Morgan fingerprint density at radius 1 is 0.294 bits per heavy atom. The summed E-state index contributed by atoms with van der Waals surface area (Å²) in [6.07, 6.45) is 0. The summed E-state index contributed by atoms with van der Waals surface area (Å²) in [6, 6.07) is 91.3. The Balaban J connectivity index is 1.04. The third-order valence-electron chi connectivity index (χ3n) is 13.8. The zero-order valence-electron chi connectivity index (χ0n) is 37.1. The van der Waals surface area contributed by atoms with E-state index in [2.05, 4.69) is 237 Å². The number of rotatable bonds is 8. The SMILES string of the molecule is c1ccc(-c2ccc(-c3cc(-c4ccc5oc6ccccc6c5c4)cc(-c4cc(-c5cccc6c5-c5ccccc5C6(c5ccccc5)c5ccccc5)nc(-c5ccccc5)n4)c3)cc2)cc1. The van der Waals surface area contributed by atoms with E-state index in [-0.39, 0.29) is 0 Å². The summed E-state index contributed by atoms with van der Waals surface area (Å²) in [5.74, 6) is 0.671. The van der Waals surface area contributed by atoms with Crippen molar-refractivity contribution >= 4 is 21.9 Å². The molecule has 1 aliphatic rings. The largest absolute Gasteiger partial charge is 0.456 e. The number of para-hydroxylation sites is 1. The zero-order valence-corrected chi connectivity index (χ0v) is 37.1. The van der Waals surface area contributed by atoms with Gasteiger partial charge in [-0.05, 0) is 109 Å². The molecule has 0 aliphatic heterocycles. The van der Waals surface area contributed by atoms with Gasteiger partial charge in [0.25, 0.3) is 0 Å². The van der Waals surface area contributed by atoms with Crippen molar-refractivity contribution in [1.82, 2.24) is 9.97 Å². The molecule has 0 unspecified atom stereocenters. The second-order valence-corrected chi connectivity index (χ2v) is 17.6. The van der Waals surface area contributed by atoms with Crippen LogP contribution in [0.3, 0.4) is 0 Å². The van der Waals surface area contributed by atoms with Crippen molar-refractivity contribution in [3.8, 4) is 78.4 Å². The molecule has 318 valence electrons. The molecule has 3 nitrogen and oxygen atoms in total. The van der Waals surface area contributed by atoms with Gasteiger partial charge in [0, 0.05) is 27.5 Å². The quantitative estimate of drug-likeness (QED) is 0.153. The second-order valence-electron chi connectivity index (χ2n) is 17.6. The lowest BCUT2D eigenvalue weighted by Crippen LogP contribution is -2.28. The van der Waals surface area contributed by atoms with Crippen LogP contribution in [0.5, 0.6) is 0 Å². The van der Waals surface area contributed by atoms with Crippen LogP contribution in [0, 0.1) is 0 Å². The van der Waals surface area contributed by atoms with Gasteiger partial charge in [-0.3, -0.25) is 0 Å². The van der Waals surface area contributed by atoms with Crippen molar-refractivity contribution in [3.05, 3.63) is 277 Å². The van der Waals surface area contributed by atoms with E-state index in [1.54, 1.807) is 0 Å². The van der Waals surface area contributed by atoms with Gasteiger partial charge >= 0.3 is 0 Å². The van der Waals surface area contributed by atoms with Gasteiger partial charge in [-0.15, -0.1) is 0 Å². The van der Waals surface area contributed by atoms with Crippen LogP contribution in [0.15, 0.2) is 259 Å². The highest BCUT2D eigenvalue weighted by molar-refractivity contribution is 6.06. The maximum Gasteiger partial charge on any atom is 0.160 e. The molecule has 2 heterocycles. The Labute approximate surface area is 395 Å². The summed E-state index contributed by atoms with van der Waals surface area (Å²) in [5, 5.41) is 2.19. The van der Waals surface area contributed by atoms with Crippen LogP contribution in [0.2, 0.25) is 0 Å². The average Bonchev–Trinajstić information content (AvgIpc) is 3.95. The molecule has 0 bridgehead atoms. The molecular formula is C65H42N2O. The Morgan fingerprint density at radius 3 is 1.51 bits per heavy atom. The van der Waals surface area contributed by atoms with E-state index in [0.717, 1.165) is 72.3 Å². The van der Waals surface area contributed by atoms with E-state index in [1.165, 1.54) is 44.5 Å². The minimum atomic E-state index is -0.538. The van der Waals surface area contributed by atoms with Crippen LogP contribution in [0.1, 0.15) is 22.3 Å². The van der Waals surface area contributed by atoms with Crippen LogP contribution in [0.4, 0.5) is 0 Å². The molecule has 0 fully saturated rings. The maximum atomic E-state index is 6.29. The molecule has 3 heteroatoms. The van der Waals surface area contributed by atoms with Crippen molar-refractivity contribution < 1.29 is 4.42 Å². The van der Waals surface area contributed by atoms with E-state index in [9.17, 15) is 0 Å². The van der Waals surface area contributed by atoms with Crippen molar-refractivity contribution in [2.24, 2.45) is 0 Å². The molecule has 0 saturated carbocycles. The topological polar surface area (TPSA) is 38.9 Å². The maximum absolute atomic E-state index is 6.29. The summed E-state index contributed by atoms with van der Waals surface area (Å²) in [4.78, 5) is 10.9. The minimum Gasteiger partial charge on any atom is -0.456 e. The molecule has 0 radical (unpaired) electrons. The molecule has 68 heavy (non-hydrogen) atoms. The Bertz CT molecular complexity index is 3780. The van der Waals surface area contributed by atoms with Crippen molar-refractivity contribution in [3.63, 3.8) is 0 Å². The molecule has 0 spiro atoms. The summed E-state index contributed by atoms with van der Waals surface area (Å²) >= 11 is 0. The number of benzene rings is 10. The molecule has 2 aromatic heterocycles. The van der Waals surface area contributed by atoms with Gasteiger partial charge in [-0.25, -0.2) is 9.97 Å². The number of fused-ring (bicyclic) bond motifs is 6. The van der Waals surface area contributed by atoms with Crippen LogP contribution in [-0.4, -0.2) is 9.97 Å². The third-order valence-corrected chi connectivity index (χ3v) is 13.8. The smallest absolute Gasteiger partial charge is 0.160 e. The fourth-order valence-electron chi connectivity index (χ4n) is 10.7. The normalized spacial score (nSPS) is 12.5. The first-order valence-corrected chi connectivity index (χ1v) is 23.2. The van der Waals surface area contributed by atoms with Crippen LogP contribution in [0.25, 0.3) is 100 Å². The molecule has 10 aromatic carbocycles. The predicted octanol–water partition coefficient (Wildman–Crippen LogP) is 16.7. The molecule has 13 rings (SSSR count). The summed E-state index contributed by atoms with van der Waals surface area (Å²) in [6.45, 7) is 0. The summed E-state index contributed by atoms with van der Waals surface area (Å²) < 4.78 is 6.29. The fraction of sp³-hybridized carbons (Fsp3) is 0.0154. The van der Waals surface area contributed by atoms with Crippen LogP contribution < -0.4 is 0 Å². The van der Waals surface area contributed by atoms with Gasteiger partial charge in [0.1, 0.15) is 11.2 Å². The molecular weight excluding hydrogens is 825 g/mol. The lowest BCUT2D eigenvalue weighted by Gasteiger charge is -2.33. The number of hydrogen-bond donors (Lipinski definition) is 0. The molecule has 0 saturated heterocycles. The molecule has 0 amide bonds. The van der Waals surface area contributed by atoms with Gasteiger partial charge in [-0.1, -0.05) is 212 Å². The highest BCUT2D eigenvalue weighted by Gasteiger charge is 2.46. The first kappa shape index (κ1) is 39.4. The second kappa shape index (κ2) is 16.2. The van der Waals surface area contributed by atoms with E-state index in [4.69, 9.17) is 14.4 Å². The lowest BCUT2D eigenvalue weighted by atomic mass is 9.67. The molecule has 0 N–H and O–H groups in total. The zero-order chi connectivity index (χ0) is 45.0. The summed E-state index contributed by atoms with van der Waals surface area (Å²) in [7, 11) is 0. The number of nitrogens with zero attached hydrogens (tertiary/aromatic N) is 2. The first-order valence-electron chi connectivity index (χ1n) is 23.2. The van der Waals surface area contributed by atoms with E-state index < -0.39 is 5.41 Å². The molecule has 0 atom stereocenters. The monoisotopic (exact) mass is 866 g/mol. The highest BCUT2D eigenvalue weighted by atomic mass is 16.3. The van der Waals surface area contributed by atoms with Crippen LogP contribution in [-0.2, 0) is 5.41 Å². The number of aromatic nitrogens is 2. The number of hydrogen-bond acceptors (Lipinski definition) is 3. The van der Waals surface area contributed by atoms with Gasteiger partial charge in [0.05, 0.1) is 16.8 Å². The van der Waals surface area contributed by atoms with Crippen LogP contribution >= 0.6 is 0 Å². The molecule has 12 aromatic rings. The van der Waals surface area contributed by atoms with E-state index in [0.29, 0.717) is 5.82 Å². The fourth-order valence-corrected chi connectivity index (χ4v) is 10.7. The Kier molecular flexibility index (Phi) is 9.40. The standard InChI is InChI=1S/C65H42N2O/c1-5-18-43(19-6-1)44-32-34-45(35-33-44)48-38-49(47-36-37-62-56(41-47)53-26-14-16-31-61(53)68-62)40-50(39-48)59-42-60(67-64(66-59)46-20-7-2-8-21-46)55-28-17-30-58-63(55)54-27-13-15-29-57(54)65(58,51-22-9-3-10-23-51)52-24-11-4-12-25-52/h1-42H. The van der Waals surface area contributed by atoms with Gasteiger partial charge in [0.15, 0.2) is 5.82 Å². The van der Waals surface area contributed by atoms with E-state index >= 15 is 0 Å². The first-order chi connectivity index (χ1) is 33.7. The Morgan fingerprint density at radius 2 is 0.794 bits per heavy atom. The third kappa shape index (κ3) is 6.51. The molecule has 1 aliphatic carbocycles.